The summed E-state index contributed by atoms with van der Waals surface area (Å²) in [4.78, 5) is 9.70. The van der Waals surface area contributed by atoms with Gasteiger partial charge in [0.25, 0.3) is 0 Å². The third kappa shape index (κ3) is 4.36. The SMILES string of the molecule is CC1(C)OCC(COc2ccc(F)c([C@H](O)C[N+](=O)[O-])c2)O1. The third-order valence-electron chi connectivity index (χ3n) is 3.15. The lowest BCUT2D eigenvalue weighted by atomic mass is 10.1. The van der Waals surface area contributed by atoms with Gasteiger partial charge in [-0.1, -0.05) is 0 Å². The molecule has 1 unspecified atom stereocenters. The van der Waals surface area contributed by atoms with Crippen LogP contribution in [0, 0.1) is 15.9 Å². The van der Waals surface area contributed by atoms with Gasteiger partial charge in [-0.05, 0) is 32.0 Å². The van der Waals surface area contributed by atoms with Gasteiger partial charge in [-0.3, -0.25) is 10.1 Å². The van der Waals surface area contributed by atoms with Crippen LogP contribution in [0.4, 0.5) is 4.39 Å². The predicted octanol–water partition coefficient (Wildman–Crippen LogP) is 1.67. The number of halogens is 1. The van der Waals surface area contributed by atoms with Gasteiger partial charge in [0.05, 0.1) is 6.61 Å². The van der Waals surface area contributed by atoms with Gasteiger partial charge in [0, 0.05) is 10.5 Å². The van der Waals surface area contributed by atoms with Crippen molar-refractivity contribution >= 4 is 0 Å². The molecule has 1 saturated heterocycles. The number of benzene rings is 1. The first-order valence-corrected chi connectivity index (χ1v) is 6.81. The van der Waals surface area contributed by atoms with E-state index < -0.39 is 29.2 Å². The molecule has 22 heavy (non-hydrogen) atoms. The van der Waals surface area contributed by atoms with Crippen LogP contribution >= 0.6 is 0 Å². The van der Waals surface area contributed by atoms with Crippen molar-refractivity contribution in [1.29, 1.82) is 0 Å². The van der Waals surface area contributed by atoms with Crippen molar-refractivity contribution in [2.75, 3.05) is 19.8 Å². The fourth-order valence-electron chi connectivity index (χ4n) is 2.14. The first kappa shape index (κ1) is 16.6. The Morgan fingerprint density at radius 3 is 2.91 bits per heavy atom. The maximum Gasteiger partial charge on any atom is 0.233 e. The van der Waals surface area contributed by atoms with E-state index >= 15 is 0 Å². The van der Waals surface area contributed by atoms with Gasteiger partial charge in [-0.15, -0.1) is 0 Å². The van der Waals surface area contributed by atoms with Gasteiger partial charge in [-0.2, -0.15) is 0 Å². The largest absolute Gasteiger partial charge is 0.491 e. The number of hydrogen-bond acceptors (Lipinski definition) is 6. The molecule has 1 aromatic carbocycles. The molecule has 1 heterocycles. The number of aliphatic hydroxyl groups excluding tert-OH is 1. The van der Waals surface area contributed by atoms with Crippen molar-refractivity contribution < 1.29 is 28.6 Å². The average Bonchev–Trinajstić information content (AvgIpc) is 2.76. The monoisotopic (exact) mass is 315 g/mol. The highest BCUT2D eigenvalue weighted by molar-refractivity contribution is 5.31. The third-order valence-corrected chi connectivity index (χ3v) is 3.15. The summed E-state index contributed by atoms with van der Waals surface area (Å²) < 4.78 is 30.1. The van der Waals surface area contributed by atoms with Crippen LogP contribution in [0.25, 0.3) is 0 Å². The van der Waals surface area contributed by atoms with Gasteiger partial charge >= 0.3 is 0 Å². The van der Waals surface area contributed by atoms with Gasteiger partial charge in [0.15, 0.2) is 5.79 Å². The van der Waals surface area contributed by atoms with E-state index in [2.05, 4.69) is 0 Å². The summed E-state index contributed by atoms with van der Waals surface area (Å²) in [6.07, 6.45) is -1.78. The number of aliphatic hydroxyl groups is 1. The lowest BCUT2D eigenvalue weighted by molar-refractivity contribution is -0.491. The van der Waals surface area contributed by atoms with Crippen LogP contribution in [0.3, 0.4) is 0 Å². The minimum absolute atomic E-state index is 0.168. The van der Waals surface area contributed by atoms with Gasteiger partial charge in [-0.25, -0.2) is 4.39 Å². The van der Waals surface area contributed by atoms with E-state index in [1.165, 1.54) is 12.1 Å². The zero-order chi connectivity index (χ0) is 16.3. The van der Waals surface area contributed by atoms with E-state index in [1.54, 1.807) is 13.8 Å². The highest BCUT2D eigenvalue weighted by atomic mass is 19.1. The van der Waals surface area contributed by atoms with Crippen molar-refractivity contribution in [3.05, 3.63) is 39.7 Å². The summed E-state index contributed by atoms with van der Waals surface area (Å²) in [5.41, 5.74) is -0.168. The van der Waals surface area contributed by atoms with Crippen LogP contribution in [-0.2, 0) is 9.47 Å². The molecule has 1 aliphatic rings. The summed E-state index contributed by atoms with van der Waals surface area (Å²) in [6, 6.07) is 3.74. The standard InChI is InChI=1S/C14H18FNO6/c1-14(2)21-8-10(22-14)7-20-9-3-4-12(15)11(5-9)13(17)6-16(18)19/h3-5,10,13,17H,6-8H2,1-2H3/t10?,13-/m1/s1. The Bertz CT molecular complexity index is 550. The number of ether oxygens (including phenoxy) is 3. The first-order chi connectivity index (χ1) is 10.3. The molecule has 0 amide bonds. The maximum absolute atomic E-state index is 13.6. The summed E-state index contributed by atoms with van der Waals surface area (Å²) in [5, 5.41) is 20.1. The molecular formula is C14H18FNO6. The summed E-state index contributed by atoms with van der Waals surface area (Å²) in [6.45, 7) is 3.38. The molecule has 7 nitrogen and oxygen atoms in total. The highest BCUT2D eigenvalue weighted by Crippen LogP contribution is 2.25. The fourth-order valence-corrected chi connectivity index (χ4v) is 2.14. The van der Waals surface area contributed by atoms with E-state index in [1.807, 2.05) is 0 Å². The van der Waals surface area contributed by atoms with Crippen molar-refractivity contribution in [1.82, 2.24) is 0 Å². The first-order valence-electron chi connectivity index (χ1n) is 6.81. The van der Waals surface area contributed by atoms with Crippen LogP contribution in [0.2, 0.25) is 0 Å². The zero-order valence-corrected chi connectivity index (χ0v) is 12.3. The van der Waals surface area contributed by atoms with Gasteiger partial charge in [0.1, 0.15) is 30.4 Å². The number of rotatable bonds is 6. The second-order valence-electron chi connectivity index (χ2n) is 5.48. The summed E-state index contributed by atoms with van der Waals surface area (Å²) in [7, 11) is 0. The van der Waals surface area contributed by atoms with Crippen LogP contribution in [0.5, 0.6) is 5.75 Å². The fraction of sp³-hybridized carbons (Fsp3) is 0.571. The Morgan fingerprint density at radius 2 is 2.32 bits per heavy atom. The Kier molecular flexibility index (Phi) is 4.94. The number of hydrogen-bond donors (Lipinski definition) is 1. The lowest BCUT2D eigenvalue weighted by Crippen LogP contribution is -2.25. The molecule has 0 aliphatic carbocycles. The molecule has 1 aromatic rings. The maximum atomic E-state index is 13.6. The molecule has 8 heteroatoms. The van der Waals surface area contributed by atoms with Gasteiger partial charge < -0.3 is 19.3 Å². The molecule has 0 spiro atoms. The van der Waals surface area contributed by atoms with E-state index in [9.17, 15) is 19.6 Å². The second kappa shape index (κ2) is 6.55. The molecule has 2 atom stereocenters. The van der Waals surface area contributed by atoms with E-state index in [-0.39, 0.29) is 18.3 Å². The van der Waals surface area contributed by atoms with E-state index in [0.717, 1.165) is 6.07 Å². The predicted molar refractivity (Wildman–Crippen MR) is 73.6 cm³/mol. The minimum Gasteiger partial charge on any atom is -0.491 e. The van der Waals surface area contributed by atoms with E-state index in [0.29, 0.717) is 12.4 Å². The minimum atomic E-state index is -1.52. The number of nitro groups is 1. The van der Waals surface area contributed by atoms with E-state index in [4.69, 9.17) is 14.2 Å². The Morgan fingerprint density at radius 1 is 1.59 bits per heavy atom. The smallest absolute Gasteiger partial charge is 0.233 e. The highest BCUT2D eigenvalue weighted by Gasteiger charge is 2.33. The van der Waals surface area contributed by atoms with Crippen LogP contribution in [-0.4, -0.2) is 41.7 Å². The molecule has 2 rings (SSSR count). The normalized spacial score (nSPS) is 21.5. The quantitative estimate of drug-likeness (QED) is 0.634. The van der Waals surface area contributed by atoms with Crippen LogP contribution in [0.15, 0.2) is 18.2 Å². The van der Waals surface area contributed by atoms with Gasteiger partial charge in [0.2, 0.25) is 6.54 Å². The molecule has 1 fully saturated rings. The Balaban J connectivity index is 1.99. The van der Waals surface area contributed by atoms with Crippen molar-refractivity contribution in [2.45, 2.75) is 31.8 Å². The molecule has 0 radical (unpaired) electrons. The summed E-state index contributed by atoms with van der Waals surface area (Å²) in [5.74, 6) is -1.08. The van der Waals surface area contributed by atoms with Crippen LogP contribution in [0.1, 0.15) is 25.5 Å². The summed E-state index contributed by atoms with van der Waals surface area (Å²) >= 11 is 0. The number of nitrogens with zero attached hydrogens (tertiary/aromatic N) is 1. The molecule has 1 aliphatic heterocycles. The van der Waals surface area contributed by atoms with Crippen molar-refractivity contribution in [3.8, 4) is 5.75 Å². The van der Waals surface area contributed by atoms with Crippen molar-refractivity contribution in [3.63, 3.8) is 0 Å². The molecule has 0 bridgehead atoms. The Labute approximate surface area is 126 Å². The van der Waals surface area contributed by atoms with Crippen LogP contribution < -0.4 is 4.74 Å². The second-order valence-corrected chi connectivity index (χ2v) is 5.48. The zero-order valence-electron chi connectivity index (χ0n) is 12.3. The molecule has 122 valence electrons. The lowest BCUT2D eigenvalue weighted by Gasteiger charge is -2.17. The molecular weight excluding hydrogens is 297 g/mol. The Hall–Kier alpha value is -1.77. The topological polar surface area (TPSA) is 91.1 Å². The molecule has 0 saturated carbocycles. The van der Waals surface area contributed by atoms with Crippen molar-refractivity contribution in [2.24, 2.45) is 0 Å². The molecule has 0 aromatic heterocycles. The average molecular weight is 315 g/mol. The molecule has 1 N–H and O–H groups in total.